The summed E-state index contributed by atoms with van der Waals surface area (Å²) in [5, 5.41) is 9.90. The van der Waals surface area contributed by atoms with Crippen LogP contribution < -0.4 is 4.90 Å². The number of anilines is 1. The number of nitrogens with zero attached hydrogens (tertiary/aromatic N) is 3. The molecule has 1 aliphatic heterocycles. The van der Waals surface area contributed by atoms with Gasteiger partial charge in [-0.05, 0) is 24.6 Å². The Morgan fingerprint density at radius 2 is 2.15 bits per heavy atom. The molecular formula is C14H15N3O3. The molecule has 1 aliphatic rings. The molecule has 20 heavy (non-hydrogen) atoms. The number of carboxylic acids is 1. The van der Waals surface area contributed by atoms with Crippen LogP contribution in [0, 0.1) is 0 Å². The topological polar surface area (TPSA) is 75.5 Å². The Labute approximate surface area is 116 Å². The van der Waals surface area contributed by atoms with Gasteiger partial charge >= 0.3 is 5.97 Å². The lowest BCUT2D eigenvalue weighted by atomic mass is 10.1. The summed E-state index contributed by atoms with van der Waals surface area (Å²) < 4.78 is 5.45. The average Bonchev–Trinajstić information content (AvgIpc) is 2.75. The zero-order chi connectivity index (χ0) is 13.9. The van der Waals surface area contributed by atoms with Crippen molar-refractivity contribution in [1.82, 2.24) is 9.97 Å². The van der Waals surface area contributed by atoms with Gasteiger partial charge in [0.1, 0.15) is 12.1 Å². The lowest BCUT2D eigenvalue weighted by Gasteiger charge is -2.21. The molecule has 0 unspecified atom stereocenters. The van der Waals surface area contributed by atoms with Crippen LogP contribution in [-0.4, -0.2) is 47.3 Å². The number of hydrogen-bond donors (Lipinski definition) is 1. The number of carbonyl (C=O) groups is 1. The predicted octanol–water partition coefficient (Wildman–Crippen LogP) is 1.55. The quantitative estimate of drug-likeness (QED) is 0.894. The van der Waals surface area contributed by atoms with Crippen molar-refractivity contribution in [3.8, 4) is 0 Å². The van der Waals surface area contributed by atoms with Gasteiger partial charge in [-0.15, -0.1) is 0 Å². The SMILES string of the molecule is O=C(O)c1ccc2c(N3CCCOCC3)ncnc2c1. The van der Waals surface area contributed by atoms with Gasteiger partial charge in [0.2, 0.25) is 0 Å². The maximum absolute atomic E-state index is 11.0. The van der Waals surface area contributed by atoms with Gasteiger partial charge in [0.25, 0.3) is 0 Å². The van der Waals surface area contributed by atoms with Crippen LogP contribution in [0.5, 0.6) is 0 Å². The summed E-state index contributed by atoms with van der Waals surface area (Å²) in [5.74, 6) is -0.104. The summed E-state index contributed by atoms with van der Waals surface area (Å²) in [4.78, 5) is 21.7. The summed E-state index contributed by atoms with van der Waals surface area (Å²) in [6.07, 6.45) is 2.44. The second-order valence-electron chi connectivity index (χ2n) is 4.69. The third-order valence-corrected chi connectivity index (χ3v) is 3.38. The van der Waals surface area contributed by atoms with Gasteiger partial charge in [-0.2, -0.15) is 0 Å². The van der Waals surface area contributed by atoms with E-state index in [2.05, 4.69) is 14.9 Å². The second-order valence-corrected chi connectivity index (χ2v) is 4.69. The average molecular weight is 273 g/mol. The number of aromatic nitrogens is 2. The van der Waals surface area contributed by atoms with E-state index in [1.54, 1.807) is 18.2 Å². The standard InChI is InChI=1S/C14H15N3O3/c18-14(19)10-2-3-11-12(8-10)15-9-16-13(11)17-4-1-6-20-7-5-17/h2-3,8-9H,1,4-7H2,(H,18,19). The number of hydrogen-bond acceptors (Lipinski definition) is 5. The van der Waals surface area contributed by atoms with Crippen LogP contribution >= 0.6 is 0 Å². The lowest BCUT2D eigenvalue weighted by molar-refractivity contribution is 0.0697. The molecule has 6 heteroatoms. The minimum Gasteiger partial charge on any atom is -0.478 e. The molecule has 0 amide bonds. The highest BCUT2D eigenvalue weighted by molar-refractivity contribution is 5.96. The molecule has 0 aliphatic carbocycles. The molecule has 2 heterocycles. The third kappa shape index (κ3) is 2.42. The van der Waals surface area contributed by atoms with E-state index in [-0.39, 0.29) is 5.56 Å². The lowest BCUT2D eigenvalue weighted by Crippen LogP contribution is -2.27. The van der Waals surface area contributed by atoms with Crippen molar-refractivity contribution in [3.05, 3.63) is 30.1 Å². The Hall–Kier alpha value is -2.21. The number of benzene rings is 1. The van der Waals surface area contributed by atoms with E-state index >= 15 is 0 Å². The van der Waals surface area contributed by atoms with Crippen LogP contribution in [0.3, 0.4) is 0 Å². The van der Waals surface area contributed by atoms with E-state index < -0.39 is 5.97 Å². The number of ether oxygens (including phenoxy) is 1. The molecule has 2 aromatic rings. The van der Waals surface area contributed by atoms with E-state index in [4.69, 9.17) is 9.84 Å². The first-order valence-electron chi connectivity index (χ1n) is 6.56. The maximum atomic E-state index is 11.0. The van der Waals surface area contributed by atoms with Gasteiger partial charge in [0.15, 0.2) is 0 Å². The molecule has 1 fully saturated rings. The van der Waals surface area contributed by atoms with Crippen LogP contribution in [0.25, 0.3) is 10.9 Å². The van der Waals surface area contributed by atoms with Crippen molar-refractivity contribution in [3.63, 3.8) is 0 Å². The fraction of sp³-hybridized carbons (Fsp3) is 0.357. The Morgan fingerprint density at radius 1 is 1.25 bits per heavy atom. The molecule has 1 aromatic heterocycles. The Kier molecular flexibility index (Phi) is 3.47. The zero-order valence-electron chi connectivity index (χ0n) is 11.0. The highest BCUT2D eigenvalue weighted by Gasteiger charge is 2.15. The smallest absolute Gasteiger partial charge is 0.335 e. The summed E-state index contributed by atoms with van der Waals surface area (Å²) in [6.45, 7) is 3.11. The fourth-order valence-corrected chi connectivity index (χ4v) is 2.39. The molecular weight excluding hydrogens is 258 g/mol. The van der Waals surface area contributed by atoms with E-state index in [9.17, 15) is 4.79 Å². The maximum Gasteiger partial charge on any atom is 0.335 e. The molecule has 0 atom stereocenters. The molecule has 0 spiro atoms. The molecule has 0 saturated carbocycles. The van der Waals surface area contributed by atoms with Crippen molar-refractivity contribution >= 4 is 22.7 Å². The van der Waals surface area contributed by atoms with E-state index in [0.29, 0.717) is 12.1 Å². The zero-order valence-corrected chi connectivity index (χ0v) is 11.0. The number of fused-ring (bicyclic) bond motifs is 1. The molecule has 1 saturated heterocycles. The first kappa shape index (κ1) is 12.8. The van der Waals surface area contributed by atoms with Crippen LogP contribution in [0.4, 0.5) is 5.82 Å². The monoisotopic (exact) mass is 273 g/mol. The Balaban J connectivity index is 2.04. The van der Waals surface area contributed by atoms with Gasteiger partial charge in [0.05, 0.1) is 17.7 Å². The first-order chi connectivity index (χ1) is 9.75. The van der Waals surface area contributed by atoms with E-state index in [0.717, 1.165) is 37.3 Å². The highest BCUT2D eigenvalue weighted by atomic mass is 16.5. The number of rotatable bonds is 2. The minimum absolute atomic E-state index is 0.237. The number of carboxylic acid groups (broad SMARTS) is 1. The van der Waals surface area contributed by atoms with Gasteiger partial charge in [-0.1, -0.05) is 0 Å². The largest absolute Gasteiger partial charge is 0.478 e. The second kappa shape index (κ2) is 5.42. The van der Waals surface area contributed by atoms with Gasteiger partial charge in [-0.25, -0.2) is 14.8 Å². The molecule has 0 radical (unpaired) electrons. The fourth-order valence-electron chi connectivity index (χ4n) is 2.39. The van der Waals surface area contributed by atoms with Crippen LogP contribution in [0.1, 0.15) is 16.8 Å². The van der Waals surface area contributed by atoms with Gasteiger partial charge in [-0.3, -0.25) is 0 Å². The molecule has 1 N–H and O–H groups in total. The van der Waals surface area contributed by atoms with Crippen LogP contribution in [0.2, 0.25) is 0 Å². The van der Waals surface area contributed by atoms with Crippen molar-refractivity contribution in [1.29, 1.82) is 0 Å². The van der Waals surface area contributed by atoms with E-state index in [1.165, 1.54) is 6.33 Å². The molecule has 0 bridgehead atoms. The van der Waals surface area contributed by atoms with Crippen LogP contribution in [-0.2, 0) is 4.74 Å². The summed E-state index contributed by atoms with van der Waals surface area (Å²) in [5.41, 5.74) is 0.890. The van der Waals surface area contributed by atoms with Gasteiger partial charge in [0, 0.05) is 25.1 Å². The summed E-state index contributed by atoms with van der Waals surface area (Å²) >= 11 is 0. The summed E-state index contributed by atoms with van der Waals surface area (Å²) in [7, 11) is 0. The Bertz CT molecular complexity index is 637. The van der Waals surface area contributed by atoms with Crippen molar-refractivity contribution < 1.29 is 14.6 Å². The number of aromatic carboxylic acids is 1. The Morgan fingerprint density at radius 3 is 3.00 bits per heavy atom. The van der Waals surface area contributed by atoms with E-state index in [1.807, 2.05) is 0 Å². The summed E-state index contributed by atoms with van der Waals surface area (Å²) in [6, 6.07) is 4.95. The predicted molar refractivity (Wildman–Crippen MR) is 74.1 cm³/mol. The van der Waals surface area contributed by atoms with Gasteiger partial charge < -0.3 is 14.7 Å². The van der Waals surface area contributed by atoms with Crippen molar-refractivity contribution in [2.75, 3.05) is 31.2 Å². The molecule has 3 rings (SSSR count). The van der Waals surface area contributed by atoms with Crippen molar-refractivity contribution in [2.45, 2.75) is 6.42 Å². The normalized spacial score (nSPS) is 16.1. The molecule has 104 valence electrons. The molecule has 1 aromatic carbocycles. The minimum atomic E-state index is -0.949. The van der Waals surface area contributed by atoms with Crippen LogP contribution in [0.15, 0.2) is 24.5 Å². The van der Waals surface area contributed by atoms with Crippen molar-refractivity contribution in [2.24, 2.45) is 0 Å². The highest BCUT2D eigenvalue weighted by Crippen LogP contribution is 2.24. The first-order valence-corrected chi connectivity index (χ1v) is 6.56. The molecule has 6 nitrogen and oxygen atoms in total. The third-order valence-electron chi connectivity index (χ3n) is 3.38.